The van der Waals surface area contributed by atoms with Crippen molar-refractivity contribution in [2.24, 2.45) is 0 Å². The second-order valence-corrected chi connectivity index (χ2v) is 8.78. The lowest BCUT2D eigenvalue weighted by Crippen LogP contribution is -2.45. The molecule has 2 atom stereocenters. The second kappa shape index (κ2) is 8.56. The van der Waals surface area contributed by atoms with Crippen LogP contribution in [0.3, 0.4) is 0 Å². The summed E-state index contributed by atoms with van der Waals surface area (Å²) in [5.41, 5.74) is 0.752. The van der Waals surface area contributed by atoms with Crippen LogP contribution in [0.25, 0.3) is 0 Å². The molecule has 0 aliphatic carbocycles. The molecule has 1 N–H and O–H groups in total. The molecule has 0 radical (unpaired) electrons. The van der Waals surface area contributed by atoms with Crippen molar-refractivity contribution in [2.75, 3.05) is 0 Å². The lowest BCUT2D eigenvalue weighted by atomic mass is 9.96. The average molecular weight is 432 g/mol. The van der Waals surface area contributed by atoms with E-state index in [9.17, 15) is 9.90 Å². The Hall–Kier alpha value is -2.73. The van der Waals surface area contributed by atoms with Gasteiger partial charge in [0.2, 0.25) is 0 Å². The van der Waals surface area contributed by atoms with Gasteiger partial charge in [0.05, 0.1) is 10.9 Å². The first-order valence-corrected chi connectivity index (χ1v) is 10.9. The number of thiocarbonyl (C=S) groups is 1. The molecule has 3 aromatic carbocycles. The predicted molar refractivity (Wildman–Crippen MR) is 126 cm³/mol. The number of thioether (sulfide) groups is 1. The van der Waals surface area contributed by atoms with E-state index in [0.717, 1.165) is 5.56 Å². The van der Waals surface area contributed by atoms with Crippen molar-refractivity contribution >= 4 is 34.1 Å². The Balaban J connectivity index is 1.82. The van der Waals surface area contributed by atoms with Gasteiger partial charge in [-0.3, -0.25) is 4.79 Å². The maximum absolute atomic E-state index is 12.9. The first-order chi connectivity index (χ1) is 14.5. The van der Waals surface area contributed by atoms with Gasteiger partial charge in [0.15, 0.2) is 11.5 Å². The van der Waals surface area contributed by atoms with Crippen LogP contribution in [0.1, 0.15) is 34.5 Å². The van der Waals surface area contributed by atoms with Crippen molar-refractivity contribution in [2.45, 2.75) is 18.7 Å². The molecule has 1 fully saturated rings. The van der Waals surface area contributed by atoms with Crippen LogP contribution in [0, 0.1) is 0 Å². The van der Waals surface area contributed by atoms with Crippen molar-refractivity contribution in [1.82, 2.24) is 4.90 Å². The summed E-state index contributed by atoms with van der Waals surface area (Å²) in [4.78, 5) is 15.2. The number of rotatable bonds is 5. The van der Waals surface area contributed by atoms with E-state index < -0.39 is 5.72 Å². The number of carbonyl (C=O) groups excluding carboxylic acids is 1. The zero-order valence-electron chi connectivity index (χ0n) is 16.4. The number of hydrogen-bond donors (Lipinski definition) is 1. The van der Waals surface area contributed by atoms with E-state index in [0.29, 0.717) is 20.4 Å². The summed E-state index contributed by atoms with van der Waals surface area (Å²) in [5, 5.41) is 12.1. The molecule has 1 heterocycles. The molecule has 30 heavy (non-hydrogen) atoms. The van der Waals surface area contributed by atoms with Gasteiger partial charge in [-0.15, -0.1) is 0 Å². The summed E-state index contributed by atoms with van der Waals surface area (Å²) < 4.78 is 0.532. The van der Waals surface area contributed by atoms with Crippen LogP contribution in [0.5, 0.6) is 0 Å². The standard InChI is InChI=1S/C25H21NO2S2/c1-18(19-11-5-2-6-12-19)26-24(29)30-23(17-22(27)20-13-7-3-8-14-20)25(26,28)21-15-9-4-10-16-21/h2-18,28H,1H3/b23-17+. The van der Waals surface area contributed by atoms with E-state index in [2.05, 4.69) is 0 Å². The van der Waals surface area contributed by atoms with Gasteiger partial charge in [-0.1, -0.05) is 115 Å². The van der Waals surface area contributed by atoms with Crippen LogP contribution < -0.4 is 0 Å². The fourth-order valence-corrected chi connectivity index (χ4v) is 5.33. The molecule has 0 bridgehead atoms. The molecular weight excluding hydrogens is 410 g/mol. The third kappa shape index (κ3) is 3.72. The van der Waals surface area contributed by atoms with Crippen molar-refractivity contribution in [3.8, 4) is 0 Å². The summed E-state index contributed by atoms with van der Waals surface area (Å²) in [6, 6.07) is 28.2. The van der Waals surface area contributed by atoms with E-state index >= 15 is 0 Å². The Morgan fingerprint density at radius 2 is 1.50 bits per heavy atom. The second-order valence-electron chi connectivity index (χ2n) is 7.10. The smallest absolute Gasteiger partial charge is 0.199 e. The Bertz CT molecular complexity index is 1080. The van der Waals surface area contributed by atoms with Gasteiger partial charge in [-0.25, -0.2) is 0 Å². The number of allylic oxidation sites excluding steroid dienone is 1. The monoisotopic (exact) mass is 431 g/mol. The summed E-state index contributed by atoms with van der Waals surface area (Å²) in [6.07, 6.45) is 1.51. The van der Waals surface area contributed by atoms with Gasteiger partial charge in [0.1, 0.15) is 4.32 Å². The van der Waals surface area contributed by atoms with Crippen molar-refractivity contribution in [3.05, 3.63) is 119 Å². The molecule has 1 aliphatic rings. The van der Waals surface area contributed by atoms with Gasteiger partial charge < -0.3 is 10.0 Å². The summed E-state index contributed by atoms with van der Waals surface area (Å²) in [6.45, 7) is 2.01. The largest absolute Gasteiger partial charge is 0.363 e. The fraction of sp³-hybridized carbons (Fsp3) is 0.120. The lowest BCUT2D eigenvalue weighted by molar-refractivity contribution is -0.0455. The van der Waals surface area contributed by atoms with Crippen LogP contribution in [0.4, 0.5) is 0 Å². The maximum Gasteiger partial charge on any atom is 0.199 e. The van der Waals surface area contributed by atoms with Gasteiger partial charge in [0.25, 0.3) is 0 Å². The summed E-state index contributed by atoms with van der Waals surface area (Å²) in [7, 11) is 0. The third-order valence-electron chi connectivity index (χ3n) is 5.25. The SMILES string of the molecule is CC(c1ccccc1)N1C(=S)S/C(=C/C(=O)c2ccccc2)C1(O)c1ccccc1. The number of benzene rings is 3. The van der Waals surface area contributed by atoms with E-state index in [-0.39, 0.29) is 11.8 Å². The van der Waals surface area contributed by atoms with Gasteiger partial charge in [-0.2, -0.15) is 0 Å². The molecule has 0 amide bonds. The molecule has 4 rings (SSSR count). The Morgan fingerprint density at radius 3 is 2.10 bits per heavy atom. The molecule has 1 aliphatic heterocycles. The molecule has 5 heteroatoms. The number of aliphatic hydroxyl groups is 1. The molecule has 0 saturated carbocycles. The maximum atomic E-state index is 12.9. The van der Waals surface area contributed by atoms with E-state index in [4.69, 9.17) is 12.2 Å². The highest BCUT2D eigenvalue weighted by Crippen LogP contribution is 2.52. The third-order valence-corrected chi connectivity index (χ3v) is 6.69. The van der Waals surface area contributed by atoms with Crippen LogP contribution in [-0.4, -0.2) is 20.1 Å². The number of carbonyl (C=O) groups is 1. The van der Waals surface area contributed by atoms with Crippen molar-refractivity contribution in [3.63, 3.8) is 0 Å². The zero-order chi connectivity index (χ0) is 21.1. The molecule has 0 aromatic heterocycles. The highest BCUT2D eigenvalue weighted by Gasteiger charge is 2.50. The van der Waals surface area contributed by atoms with Gasteiger partial charge in [-0.05, 0) is 12.5 Å². The quantitative estimate of drug-likeness (QED) is 0.319. The Kier molecular flexibility index (Phi) is 5.86. The fourth-order valence-electron chi connectivity index (χ4n) is 3.67. The van der Waals surface area contributed by atoms with Crippen LogP contribution in [-0.2, 0) is 5.72 Å². The van der Waals surface area contributed by atoms with Crippen LogP contribution >= 0.6 is 24.0 Å². The topological polar surface area (TPSA) is 40.5 Å². The molecule has 1 saturated heterocycles. The minimum absolute atomic E-state index is 0.163. The molecule has 150 valence electrons. The van der Waals surface area contributed by atoms with E-state index in [1.165, 1.54) is 17.8 Å². The van der Waals surface area contributed by atoms with Crippen LogP contribution in [0.15, 0.2) is 102 Å². The summed E-state index contributed by atoms with van der Waals surface area (Å²) in [5.74, 6) is -0.163. The Morgan fingerprint density at radius 1 is 0.967 bits per heavy atom. The van der Waals surface area contributed by atoms with Crippen LogP contribution in [0.2, 0.25) is 0 Å². The molecule has 2 unspecified atom stereocenters. The highest BCUT2D eigenvalue weighted by molar-refractivity contribution is 8.25. The minimum Gasteiger partial charge on any atom is -0.363 e. The van der Waals surface area contributed by atoms with Gasteiger partial charge in [0, 0.05) is 17.2 Å². The minimum atomic E-state index is -1.53. The normalized spacial score (nSPS) is 21.1. The lowest BCUT2D eigenvalue weighted by Gasteiger charge is -2.39. The highest BCUT2D eigenvalue weighted by atomic mass is 32.2. The average Bonchev–Trinajstić information content (AvgIpc) is 3.05. The van der Waals surface area contributed by atoms with Gasteiger partial charge >= 0.3 is 0 Å². The van der Waals surface area contributed by atoms with Crippen molar-refractivity contribution < 1.29 is 9.90 Å². The molecule has 3 nitrogen and oxygen atoms in total. The number of nitrogens with zero attached hydrogens (tertiary/aromatic N) is 1. The predicted octanol–water partition coefficient (Wildman–Crippen LogP) is 5.69. The first-order valence-electron chi connectivity index (χ1n) is 9.67. The number of hydrogen-bond acceptors (Lipinski definition) is 4. The van der Waals surface area contributed by atoms with Crippen molar-refractivity contribution in [1.29, 1.82) is 0 Å². The zero-order valence-corrected chi connectivity index (χ0v) is 18.1. The molecular formula is C25H21NO2S2. The van der Waals surface area contributed by atoms with E-state index in [1.54, 1.807) is 12.1 Å². The number of ketones is 1. The molecule has 0 spiro atoms. The molecule has 3 aromatic rings. The summed E-state index contributed by atoms with van der Waals surface area (Å²) >= 11 is 6.96. The first kappa shape index (κ1) is 20.5. The van der Waals surface area contributed by atoms with E-state index in [1.807, 2.05) is 90.7 Å². The Labute approximate surface area is 186 Å².